The minimum Gasteiger partial charge on any atom is -0.333 e. The maximum atomic E-state index is 10.1. The van der Waals surface area contributed by atoms with Crippen LogP contribution in [0.4, 0.5) is 4.79 Å². The van der Waals surface area contributed by atoms with Crippen LogP contribution in [0.2, 0.25) is 0 Å². The van der Waals surface area contributed by atoms with E-state index in [0.717, 1.165) is 19.3 Å². The van der Waals surface area contributed by atoms with Gasteiger partial charge in [-0.25, -0.2) is 14.6 Å². The van der Waals surface area contributed by atoms with Gasteiger partial charge in [0.05, 0.1) is 6.61 Å². The number of unbranched alkanes of at least 4 members (excludes halogenated alkanes) is 27. The second-order valence-electron chi connectivity index (χ2n) is 13.5. The van der Waals surface area contributed by atoms with Crippen LogP contribution < -0.4 is 16.4 Å². The molecule has 1 amide bonds. The van der Waals surface area contributed by atoms with Gasteiger partial charge in [0.25, 0.3) is 0 Å². The van der Waals surface area contributed by atoms with Gasteiger partial charge in [0.15, 0.2) is 0 Å². The van der Waals surface area contributed by atoms with E-state index in [9.17, 15) is 4.79 Å². The molecule has 0 aliphatic heterocycles. The van der Waals surface area contributed by atoms with Crippen molar-refractivity contribution in [3.63, 3.8) is 0 Å². The molecular formula is C37H77N3O11. The number of rotatable bonds is 46. The molecule has 4 N–H and O–H groups in total. The Morgan fingerprint density at radius 1 is 0.373 bits per heavy atom. The van der Waals surface area contributed by atoms with Gasteiger partial charge in [0.1, 0.15) is 0 Å². The van der Waals surface area contributed by atoms with Crippen LogP contribution in [0.3, 0.4) is 0 Å². The Labute approximate surface area is 309 Å². The van der Waals surface area contributed by atoms with Gasteiger partial charge in [-0.05, 0) is 78.4 Å². The van der Waals surface area contributed by atoms with Crippen LogP contribution in [0.5, 0.6) is 0 Å². The fourth-order valence-electron chi connectivity index (χ4n) is 5.93. The summed E-state index contributed by atoms with van der Waals surface area (Å²) >= 11 is 0. The van der Waals surface area contributed by atoms with Gasteiger partial charge >= 0.3 is 6.09 Å². The summed E-state index contributed by atoms with van der Waals surface area (Å²) in [4.78, 5) is 18.5. The van der Waals surface area contributed by atoms with Crippen LogP contribution in [0.15, 0.2) is 0 Å². The monoisotopic (exact) mass is 740 g/mol. The van der Waals surface area contributed by atoms with E-state index in [-0.39, 0.29) is 0 Å². The largest absolute Gasteiger partial charge is 0.439 e. The zero-order valence-electron chi connectivity index (χ0n) is 32.3. The first-order chi connectivity index (χ1) is 25.3. The summed E-state index contributed by atoms with van der Waals surface area (Å²) in [5.41, 5.74) is 4.56. The molecule has 14 nitrogen and oxygen atoms in total. The highest BCUT2D eigenvalue weighted by Gasteiger charge is 2.01. The SMILES string of the molecule is CCCNCCCCCCNCCCCCCCCCCCCCCCCCCCCCCCCCCCOOOOOOOOOOC(N)=O. The molecule has 0 heterocycles. The average molecular weight is 740 g/mol. The summed E-state index contributed by atoms with van der Waals surface area (Å²) in [7, 11) is 0. The molecule has 0 aromatic heterocycles. The van der Waals surface area contributed by atoms with Gasteiger partial charge in [-0.3, -0.25) is 0 Å². The molecule has 0 aliphatic rings. The van der Waals surface area contributed by atoms with E-state index < -0.39 is 6.09 Å². The van der Waals surface area contributed by atoms with E-state index in [2.05, 4.69) is 68.5 Å². The van der Waals surface area contributed by atoms with Gasteiger partial charge in [-0.15, -0.1) is 0 Å². The van der Waals surface area contributed by atoms with Crippen LogP contribution >= 0.6 is 0 Å². The number of hydrogen-bond donors (Lipinski definition) is 3. The second-order valence-corrected chi connectivity index (χ2v) is 13.5. The molecule has 0 aliphatic carbocycles. The molecule has 0 unspecified atom stereocenters. The smallest absolute Gasteiger partial charge is 0.333 e. The van der Waals surface area contributed by atoms with Crippen molar-refractivity contribution in [1.82, 2.24) is 10.6 Å². The summed E-state index contributed by atoms with van der Waals surface area (Å²) < 4.78 is 0. The van der Waals surface area contributed by atoms with Gasteiger partial charge in [-0.2, -0.15) is 0 Å². The first-order valence-electron chi connectivity index (χ1n) is 20.6. The number of nitrogens with one attached hydrogen (secondary N) is 2. The van der Waals surface area contributed by atoms with Crippen LogP contribution in [-0.2, 0) is 50.1 Å². The highest BCUT2D eigenvalue weighted by molar-refractivity contribution is 5.63. The number of hydrogen-bond acceptors (Lipinski definition) is 13. The molecule has 0 saturated carbocycles. The van der Waals surface area contributed by atoms with Crippen molar-refractivity contribution in [2.24, 2.45) is 5.73 Å². The summed E-state index contributed by atoms with van der Waals surface area (Å²) in [5, 5.41) is 37.7. The van der Waals surface area contributed by atoms with E-state index >= 15 is 0 Å². The number of amides is 1. The van der Waals surface area contributed by atoms with Crippen molar-refractivity contribution in [2.45, 2.75) is 200 Å². The first-order valence-corrected chi connectivity index (χ1v) is 20.6. The molecule has 0 aromatic rings. The lowest BCUT2D eigenvalue weighted by Crippen LogP contribution is -2.17. The van der Waals surface area contributed by atoms with Crippen molar-refractivity contribution < 1.29 is 54.9 Å². The van der Waals surface area contributed by atoms with Crippen LogP contribution in [0.1, 0.15) is 200 Å². The highest BCUT2D eigenvalue weighted by atomic mass is 17.9. The van der Waals surface area contributed by atoms with E-state index in [4.69, 9.17) is 4.89 Å². The van der Waals surface area contributed by atoms with Gasteiger partial charge < -0.3 is 16.4 Å². The zero-order chi connectivity index (χ0) is 36.8. The molecule has 0 radical (unpaired) electrons. The van der Waals surface area contributed by atoms with Crippen molar-refractivity contribution in [3.8, 4) is 0 Å². The van der Waals surface area contributed by atoms with Crippen molar-refractivity contribution >= 4 is 6.09 Å². The summed E-state index contributed by atoms with van der Waals surface area (Å²) in [6.45, 7) is 7.33. The molecule has 0 spiro atoms. The van der Waals surface area contributed by atoms with Crippen molar-refractivity contribution in [3.05, 3.63) is 0 Å². The maximum absolute atomic E-state index is 10.1. The third-order valence-electron chi connectivity index (χ3n) is 8.82. The summed E-state index contributed by atoms with van der Waals surface area (Å²) in [6.07, 6.45) is 39.1. The normalized spacial score (nSPS) is 11.5. The molecule has 0 fully saturated rings. The van der Waals surface area contributed by atoms with Gasteiger partial charge in [0, 0.05) is 20.2 Å². The Hall–Kier alpha value is -1.17. The molecule has 14 heteroatoms. The Balaban J connectivity index is 3.05. The zero-order valence-corrected chi connectivity index (χ0v) is 32.3. The summed E-state index contributed by atoms with van der Waals surface area (Å²) in [6, 6.07) is 0. The van der Waals surface area contributed by atoms with E-state index in [1.54, 1.807) is 0 Å². The Morgan fingerprint density at radius 2 is 0.647 bits per heavy atom. The lowest BCUT2D eigenvalue weighted by Gasteiger charge is -2.06. The minimum absolute atomic E-state index is 0.333. The molecule has 0 atom stereocenters. The fraction of sp³-hybridized carbons (Fsp3) is 0.973. The average Bonchev–Trinajstić information content (AvgIpc) is 3.13. The first kappa shape index (κ1) is 49.8. The molecule has 0 saturated heterocycles. The van der Waals surface area contributed by atoms with Gasteiger partial charge in [-0.1, -0.05) is 167 Å². The Kier molecular flexibility index (Phi) is 45.8. The lowest BCUT2D eigenvalue weighted by molar-refractivity contribution is -0.842. The minimum atomic E-state index is -1.26. The van der Waals surface area contributed by atoms with Crippen LogP contribution in [-0.4, -0.2) is 38.9 Å². The Morgan fingerprint density at radius 3 is 0.980 bits per heavy atom. The van der Waals surface area contributed by atoms with Crippen LogP contribution in [0, 0.1) is 0 Å². The molecule has 0 aromatic carbocycles. The van der Waals surface area contributed by atoms with Crippen molar-refractivity contribution in [1.29, 1.82) is 0 Å². The van der Waals surface area contributed by atoms with Crippen LogP contribution in [0.25, 0.3) is 0 Å². The second kappa shape index (κ2) is 46.9. The molecule has 51 heavy (non-hydrogen) atoms. The third kappa shape index (κ3) is 48.8. The Bertz CT molecular complexity index is 657. The maximum Gasteiger partial charge on any atom is 0.439 e. The number of nitrogens with two attached hydrogens (primary N) is 1. The van der Waals surface area contributed by atoms with E-state index in [1.165, 1.54) is 200 Å². The summed E-state index contributed by atoms with van der Waals surface area (Å²) in [5.74, 6) is 0. The number of carbonyl (C=O) groups is 1. The number of carbonyl (C=O) groups excluding carboxylic acids is 1. The molecule has 306 valence electrons. The lowest BCUT2D eigenvalue weighted by atomic mass is 10.0. The van der Waals surface area contributed by atoms with Gasteiger partial charge in [0.2, 0.25) is 0 Å². The van der Waals surface area contributed by atoms with Crippen molar-refractivity contribution in [2.75, 3.05) is 32.8 Å². The highest BCUT2D eigenvalue weighted by Crippen LogP contribution is 2.16. The fourth-order valence-corrected chi connectivity index (χ4v) is 5.93. The molecular weight excluding hydrogens is 662 g/mol. The number of primary amides is 1. The molecule has 0 bridgehead atoms. The predicted octanol–water partition coefficient (Wildman–Crippen LogP) is 10.4. The topological polar surface area (TPSA) is 159 Å². The third-order valence-corrected chi connectivity index (χ3v) is 8.82. The molecule has 0 rings (SSSR count). The standard InChI is InChI=1S/C37H77N3O11/c1-2-32-39-33-29-25-26-30-35-40-34-28-24-22-20-18-16-14-12-10-8-6-4-3-5-7-9-11-13-15-17-19-21-23-27-31-36-42-44-46-48-50-51-49-47-45-43-37(38)41/h39-40H,2-36H2,1H3,(H2,38,41). The van der Waals surface area contributed by atoms with E-state index in [0.29, 0.717) is 6.61 Å². The van der Waals surface area contributed by atoms with E-state index in [1.807, 2.05) is 0 Å². The predicted molar refractivity (Wildman–Crippen MR) is 195 cm³/mol. The quantitative estimate of drug-likeness (QED) is 0.0308.